The largest absolute Gasteiger partial charge is 0.493 e. The third kappa shape index (κ3) is 5.21. The first-order valence-electron chi connectivity index (χ1n) is 11.5. The predicted molar refractivity (Wildman–Crippen MR) is 135 cm³/mol. The molecule has 34 heavy (non-hydrogen) atoms. The van der Waals surface area contributed by atoms with Crippen LogP contribution >= 0.6 is 0 Å². The third-order valence-electron chi connectivity index (χ3n) is 6.30. The molecular weight excluding hydrogens is 448 g/mol. The summed E-state index contributed by atoms with van der Waals surface area (Å²) in [5.74, 6) is 1.07. The number of hydrogen-bond acceptors (Lipinski definition) is 5. The number of aryl methyl sites for hydroxylation is 1. The number of likely N-dealkylation sites (tertiary alicyclic amines) is 1. The van der Waals surface area contributed by atoms with Gasteiger partial charge in [-0.05, 0) is 49.6 Å². The van der Waals surface area contributed by atoms with Gasteiger partial charge >= 0.3 is 0 Å². The molecule has 0 atom stereocenters. The van der Waals surface area contributed by atoms with Gasteiger partial charge in [-0.25, -0.2) is 8.42 Å². The Kier molecular flexibility index (Phi) is 7.44. The fourth-order valence-corrected chi connectivity index (χ4v) is 6.32. The van der Waals surface area contributed by atoms with Crippen molar-refractivity contribution in [3.8, 4) is 11.5 Å². The van der Waals surface area contributed by atoms with Crippen LogP contribution in [0.1, 0.15) is 24.0 Å². The Labute approximate surface area is 202 Å². The number of hydrogen-bond donors (Lipinski definition) is 0. The minimum Gasteiger partial charge on any atom is -0.493 e. The monoisotopic (exact) mass is 480 g/mol. The first-order chi connectivity index (χ1) is 16.4. The van der Waals surface area contributed by atoms with Crippen molar-refractivity contribution in [2.45, 2.75) is 37.2 Å². The third-order valence-corrected chi connectivity index (χ3v) is 8.19. The standard InChI is InChI=1S/C27H32N2O4S/c1-21-8-7-9-22(18-21)20-28-16-14-23(15-17-28)29(34(30,31)25-10-5-4-6-11-25)24-12-13-26(32-2)27(19-24)33-3/h4-13,18-19,23H,14-17,20H2,1-3H3. The molecule has 1 heterocycles. The smallest absolute Gasteiger partial charge is 0.264 e. The van der Waals surface area contributed by atoms with Crippen LogP contribution in [0.4, 0.5) is 5.69 Å². The van der Waals surface area contributed by atoms with Crippen molar-refractivity contribution in [3.63, 3.8) is 0 Å². The second-order valence-electron chi connectivity index (χ2n) is 8.65. The minimum absolute atomic E-state index is 0.155. The van der Waals surface area contributed by atoms with Crippen molar-refractivity contribution >= 4 is 15.7 Å². The molecule has 180 valence electrons. The van der Waals surface area contributed by atoms with E-state index < -0.39 is 10.0 Å². The maximum Gasteiger partial charge on any atom is 0.264 e. The Morgan fingerprint density at radius 2 is 1.59 bits per heavy atom. The second kappa shape index (κ2) is 10.5. The van der Waals surface area contributed by atoms with Gasteiger partial charge in [-0.2, -0.15) is 0 Å². The molecule has 0 radical (unpaired) electrons. The summed E-state index contributed by atoms with van der Waals surface area (Å²) in [5.41, 5.74) is 3.12. The molecule has 3 aromatic rings. The number of ether oxygens (including phenoxy) is 2. The van der Waals surface area contributed by atoms with Gasteiger partial charge in [0, 0.05) is 31.7 Å². The van der Waals surface area contributed by atoms with Gasteiger partial charge in [-0.3, -0.25) is 9.21 Å². The SMILES string of the molecule is COc1ccc(N(C2CCN(Cc3cccc(C)c3)CC2)S(=O)(=O)c2ccccc2)cc1OC. The molecule has 0 bridgehead atoms. The zero-order chi connectivity index (χ0) is 24.1. The van der Waals surface area contributed by atoms with E-state index in [1.807, 2.05) is 6.07 Å². The van der Waals surface area contributed by atoms with Gasteiger partial charge < -0.3 is 9.47 Å². The molecular formula is C27H32N2O4S. The predicted octanol–water partition coefficient (Wildman–Crippen LogP) is 4.87. The molecule has 7 heteroatoms. The first kappa shape index (κ1) is 24.1. The highest BCUT2D eigenvalue weighted by Crippen LogP contribution is 2.36. The molecule has 1 saturated heterocycles. The summed E-state index contributed by atoms with van der Waals surface area (Å²) in [4.78, 5) is 2.68. The van der Waals surface area contributed by atoms with E-state index in [4.69, 9.17) is 9.47 Å². The molecule has 4 rings (SSSR count). The van der Waals surface area contributed by atoms with Gasteiger partial charge in [0.2, 0.25) is 0 Å². The van der Waals surface area contributed by atoms with Crippen LogP contribution in [0.2, 0.25) is 0 Å². The number of anilines is 1. The molecule has 1 fully saturated rings. The number of piperidine rings is 1. The number of rotatable bonds is 8. The summed E-state index contributed by atoms with van der Waals surface area (Å²) < 4.78 is 40.1. The van der Waals surface area contributed by atoms with Crippen molar-refractivity contribution in [3.05, 3.63) is 83.9 Å². The van der Waals surface area contributed by atoms with Crippen molar-refractivity contribution in [2.75, 3.05) is 31.6 Å². The van der Waals surface area contributed by atoms with Gasteiger partial charge in [-0.15, -0.1) is 0 Å². The second-order valence-corrected chi connectivity index (χ2v) is 10.5. The Balaban J connectivity index is 1.62. The summed E-state index contributed by atoms with van der Waals surface area (Å²) in [5, 5.41) is 0. The summed E-state index contributed by atoms with van der Waals surface area (Å²) in [6.07, 6.45) is 1.48. The van der Waals surface area contributed by atoms with E-state index in [1.165, 1.54) is 11.1 Å². The van der Waals surface area contributed by atoms with Crippen LogP contribution in [-0.4, -0.2) is 46.7 Å². The van der Waals surface area contributed by atoms with Crippen molar-refractivity contribution in [1.82, 2.24) is 4.90 Å². The van der Waals surface area contributed by atoms with Crippen molar-refractivity contribution < 1.29 is 17.9 Å². The highest BCUT2D eigenvalue weighted by molar-refractivity contribution is 7.92. The zero-order valence-corrected chi connectivity index (χ0v) is 20.8. The van der Waals surface area contributed by atoms with E-state index in [0.29, 0.717) is 17.2 Å². The summed E-state index contributed by atoms with van der Waals surface area (Å²) in [7, 11) is -0.635. The number of benzene rings is 3. The molecule has 0 N–H and O–H groups in total. The molecule has 0 unspecified atom stereocenters. The van der Waals surface area contributed by atoms with E-state index in [2.05, 4.69) is 36.1 Å². The van der Waals surface area contributed by atoms with Crippen LogP contribution in [0.5, 0.6) is 11.5 Å². The highest BCUT2D eigenvalue weighted by Gasteiger charge is 2.34. The number of methoxy groups -OCH3 is 2. The van der Waals surface area contributed by atoms with Gasteiger partial charge in [-0.1, -0.05) is 48.0 Å². The van der Waals surface area contributed by atoms with E-state index in [1.54, 1.807) is 61.0 Å². The fourth-order valence-electron chi connectivity index (χ4n) is 4.59. The molecule has 6 nitrogen and oxygen atoms in total. The average molecular weight is 481 g/mol. The van der Waals surface area contributed by atoms with Crippen molar-refractivity contribution in [2.24, 2.45) is 0 Å². The van der Waals surface area contributed by atoms with E-state index in [-0.39, 0.29) is 10.9 Å². The molecule has 0 amide bonds. The topological polar surface area (TPSA) is 59.1 Å². The minimum atomic E-state index is -3.76. The van der Waals surface area contributed by atoms with E-state index >= 15 is 0 Å². The maximum atomic E-state index is 13.8. The molecule has 0 aliphatic carbocycles. The molecule has 1 aliphatic rings. The number of sulfonamides is 1. The lowest BCUT2D eigenvalue weighted by atomic mass is 10.0. The molecule has 0 saturated carbocycles. The van der Waals surface area contributed by atoms with Crippen LogP contribution in [0, 0.1) is 6.92 Å². The molecule has 1 aliphatic heterocycles. The fraction of sp³-hybridized carbons (Fsp3) is 0.333. The quantitative estimate of drug-likeness (QED) is 0.460. The Morgan fingerprint density at radius 1 is 0.882 bits per heavy atom. The van der Waals surface area contributed by atoms with Crippen LogP contribution in [0.15, 0.2) is 77.7 Å². The average Bonchev–Trinajstić information content (AvgIpc) is 2.85. The van der Waals surface area contributed by atoms with E-state index in [9.17, 15) is 8.42 Å². The lowest BCUT2D eigenvalue weighted by molar-refractivity contribution is 0.206. The highest BCUT2D eigenvalue weighted by atomic mass is 32.2. The van der Waals surface area contributed by atoms with Crippen LogP contribution < -0.4 is 13.8 Å². The molecule has 0 aromatic heterocycles. The molecule has 0 spiro atoms. The van der Waals surface area contributed by atoms with Gasteiger partial charge in [0.05, 0.1) is 24.8 Å². The summed E-state index contributed by atoms with van der Waals surface area (Å²) >= 11 is 0. The van der Waals surface area contributed by atoms with Crippen LogP contribution in [-0.2, 0) is 16.6 Å². The Bertz CT molecular complexity index is 1210. The Hall–Kier alpha value is -3.03. The van der Waals surface area contributed by atoms with Crippen molar-refractivity contribution in [1.29, 1.82) is 0 Å². The van der Waals surface area contributed by atoms with Gasteiger partial charge in [0.25, 0.3) is 10.0 Å². The summed E-state index contributed by atoms with van der Waals surface area (Å²) in [6.45, 7) is 4.63. The molecule has 3 aromatic carbocycles. The first-order valence-corrected chi connectivity index (χ1v) is 13.0. The lowest BCUT2D eigenvalue weighted by Gasteiger charge is -2.39. The number of nitrogens with zero attached hydrogens (tertiary/aromatic N) is 2. The van der Waals surface area contributed by atoms with Crippen LogP contribution in [0.25, 0.3) is 0 Å². The Morgan fingerprint density at radius 3 is 2.24 bits per heavy atom. The van der Waals surface area contributed by atoms with Gasteiger partial charge in [0.15, 0.2) is 11.5 Å². The maximum absolute atomic E-state index is 13.8. The van der Waals surface area contributed by atoms with E-state index in [0.717, 1.165) is 32.5 Å². The zero-order valence-electron chi connectivity index (χ0n) is 20.0. The normalized spacial score (nSPS) is 15.1. The van der Waals surface area contributed by atoms with Gasteiger partial charge in [0.1, 0.15) is 0 Å². The lowest BCUT2D eigenvalue weighted by Crippen LogP contribution is -2.47. The summed E-state index contributed by atoms with van der Waals surface area (Å²) in [6, 6.07) is 22.3. The van der Waals surface area contributed by atoms with Crippen LogP contribution in [0.3, 0.4) is 0 Å².